The first-order valence-corrected chi connectivity index (χ1v) is 8.37. The zero-order valence-corrected chi connectivity index (χ0v) is 14.5. The lowest BCUT2D eigenvalue weighted by molar-refractivity contribution is 0.627. The van der Waals surface area contributed by atoms with Gasteiger partial charge < -0.3 is 4.57 Å². The first-order chi connectivity index (χ1) is 10.6. The van der Waals surface area contributed by atoms with Crippen molar-refractivity contribution in [3.05, 3.63) is 75.4 Å². The molecule has 4 rings (SSSR count). The molecule has 0 radical (unpaired) electrons. The van der Waals surface area contributed by atoms with Crippen LogP contribution in [0.5, 0.6) is 0 Å². The number of benzene rings is 3. The molecule has 0 aliphatic rings. The molecule has 0 saturated heterocycles. The summed E-state index contributed by atoms with van der Waals surface area (Å²) in [6, 6.07) is 19.0. The summed E-state index contributed by atoms with van der Waals surface area (Å²) in [5.74, 6) is -0.235. The molecule has 3 aromatic carbocycles. The zero-order valence-electron chi connectivity index (χ0n) is 11.4. The van der Waals surface area contributed by atoms with Gasteiger partial charge in [0.15, 0.2) is 0 Å². The van der Waals surface area contributed by atoms with Gasteiger partial charge in [-0.05, 0) is 54.6 Å². The van der Waals surface area contributed by atoms with Crippen LogP contribution < -0.4 is 0 Å². The van der Waals surface area contributed by atoms with Crippen LogP contribution in [-0.2, 0) is 0 Å². The molecule has 0 saturated carbocycles. The van der Waals surface area contributed by atoms with Crippen LogP contribution in [0.3, 0.4) is 0 Å². The van der Waals surface area contributed by atoms with Gasteiger partial charge in [0.05, 0.1) is 11.0 Å². The van der Waals surface area contributed by atoms with Gasteiger partial charge in [0.1, 0.15) is 5.82 Å². The molecule has 0 fully saturated rings. The van der Waals surface area contributed by atoms with E-state index in [2.05, 4.69) is 60.7 Å². The third kappa shape index (κ3) is 2.18. The molecule has 0 aliphatic carbocycles. The Morgan fingerprint density at radius 1 is 0.727 bits per heavy atom. The summed E-state index contributed by atoms with van der Waals surface area (Å²) in [6.45, 7) is 0. The summed E-state index contributed by atoms with van der Waals surface area (Å²) in [4.78, 5) is 0. The van der Waals surface area contributed by atoms with Crippen molar-refractivity contribution in [3.63, 3.8) is 0 Å². The molecule has 1 aromatic heterocycles. The van der Waals surface area contributed by atoms with Crippen molar-refractivity contribution in [2.24, 2.45) is 0 Å². The van der Waals surface area contributed by atoms with Crippen molar-refractivity contribution in [1.29, 1.82) is 0 Å². The first-order valence-electron chi connectivity index (χ1n) is 6.79. The van der Waals surface area contributed by atoms with Crippen molar-refractivity contribution in [1.82, 2.24) is 4.57 Å². The Kier molecular flexibility index (Phi) is 3.31. The average Bonchev–Trinajstić information content (AvgIpc) is 2.80. The molecule has 0 bridgehead atoms. The van der Waals surface area contributed by atoms with E-state index in [1.807, 2.05) is 18.2 Å². The molecule has 4 heteroatoms. The number of hydrogen-bond donors (Lipinski definition) is 0. The van der Waals surface area contributed by atoms with Crippen LogP contribution in [0.25, 0.3) is 27.5 Å². The molecule has 0 atom stereocenters. The number of hydrogen-bond acceptors (Lipinski definition) is 0. The summed E-state index contributed by atoms with van der Waals surface area (Å²) >= 11 is 7.07. The highest BCUT2D eigenvalue weighted by molar-refractivity contribution is 9.10. The maximum absolute atomic E-state index is 13.7. The van der Waals surface area contributed by atoms with Gasteiger partial charge in [0, 0.05) is 25.4 Å². The summed E-state index contributed by atoms with van der Waals surface area (Å²) < 4.78 is 17.8. The monoisotopic (exact) mass is 417 g/mol. The minimum absolute atomic E-state index is 0.235. The summed E-state index contributed by atoms with van der Waals surface area (Å²) in [5, 5.41) is 2.27. The van der Waals surface area contributed by atoms with E-state index in [-0.39, 0.29) is 5.82 Å². The van der Waals surface area contributed by atoms with Gasteiger partial charge in [0.25, 0.3) is 0 Å². The number of aromatic nitrogens is 1. The second-order valence-corrected chi connectivity index (χ2v) is 6.97. The Morgan fingerprint density at radius 2 is 1.32 bits per heavy atom. The van der Waals surface area contributed by atoms with Crippen molar-refractivity contribution >= 4 is 53.7 Å². The third-order valence-corrected chi connectivity index (χ3v) is 4.74. The minimum Gasteiger partial charge on any atom is -0.309 e. The van der Waals surface area contributed by atoms with E-state index in [0.717, 1.165) is 36.4 Å². The lowest BCUT2D eigenvalue weighted by Crippen LogP contribution is -1.94. The van der Waals surface area contributed by atoms with E-state index < -0.39 is 0 Å². The van der Waals surface area contributed by atoms with Gasteiger partial charge in [-0.25, -0.2) is 4.39 Å². The van der Waals surface area contributed by atoms with Crippen LogP contribution in [-0.4, -0.2) is 4.57 Å². The number of rotatable bonds is 1. The van der Waals surface area contributed by atoms with E-state index in [1.54, 1.807) is 12.1 Å². The van der Waals surface area contributed by atoms with Crippen molar-refractivity contribution < 1.29 is 4.39 Å². The molecule has 0 N–H and O–H groups in total. The molecule has 1 nitrogen and oxygen atoms in total. The van der Waals surface area contributed by atoms with Crippen LogP contribution in [0.4, 0.5) is 4.39 Å². The Morgan fingerprint density at radius 3 is 1.86 bits per heavy atom. The van der Waals surface area contributed by atoms with E-state index in [4.69, 9.17) is 0 Å². The second kappa shape index (κ2) is 5.21. The Hall–Kier alpha value is -1.65. The first kappa shape index (κ1) is 14.0. The predicted molar refractivity (Wildman–Crippen MR) is 96.1 cm³/mol. The number of fused-ring (bicyclic) bond motifs is 3. The number of halogens is 3. The molecular weight excluding hydrogens is 409 g/mol. The summed E-state index contributed by atoms with van der Waals surface area (Å²) in [7, 11) is 0. The normalized spacial score (nSPS) is 11.4. The van der Waals surface area contributed by atoms with Gasteiger partial charge in [-0.3, -0.25) is 0 Å². The highest BCUT2D eigenvalue weighted by Gasteiger charge is 2.13. The third-order valence-electron chi connectivity index (χ3n) is 3.76. The summed E-state index contributed by atoms with van der Waals surface area (Å²) in [6.07, 6.45) is 0. The van der Waals surface area contributed by atoms with Crippen molar-refractivity contribution in [3.8, 4) is 5.69 Å². The molecule has 0 aliphatic heterocycles. The van der Waals surface area contributed by atoms with Crippen LogP contribution in [0, 0.1) is 5.82 Å². The lowest BCUT2D eigenvalue weighted by Gasteiger charge is -2.07. The van der Waals surface area contributed by atoms with Crippen molar-refractivity contribution in [2.75, 3.05) is 0 Å². The Balaban J connectivity index is 2.20. The fourth-order valence-electron chi connectivity index (χ4n) is 2.86. The Bertz CT molecular complexity index is 961. The average molecular weight is 419 g/mol. The fourth-order valence-corrected chi connectivity index (χ4v) is 3.58. The molecule has 0 unspecified atom stereocenters. The SMILES string of the molecule is Fc1cccc(-n2c3ccc(Br)cc3c3cc(Br)ccc32)c1. The van der Waals surface area contributed by atoms with Crippen LogP contribution >= 0.6 is 31.9 Å². The topological polar surface area (TPSA) is 4.93 Å². The molecule has 0 spiro atoms. The number of nitrogens with zero attached hydrogens (tertiary/aromatic N) is 1. The standard InChI is InChI=1S/C18H10Br2FN/c19-11-4-6-17-15(8-11)16-9-12(20)5-7-18(16)22(17)14-3-1-2-13(21)10-14/h1-10H. The molecule has 4 aromatic rings. The van der Waals surface area contributed by atoms with E-state index in [0.29, 0.717) is 0 Å². The zero-order chi connectivity index (χ0) is 15.3. The highest BCUT2D eigenvalue weighted by Crippen LogP contribution is 2.35. The van der Waals surface area contributed by atoms with Gasteiger partial charge >= 0.3 is 0 Å². The van der Waals surface area contributed by atoms with Crippen molar-refractivity contribution in [2.45, 2.75) is 0 Å². The maximum Gasteiger partial charge on any atom is 0.125 e. The smallest absolute Gasteiger partial charge is 0.125 e. The summed E-state index contributed by atoms with van der Waals surface area (Å²) in [5.41, 5.74) is 2.94. The predicted octanol–water partition coefficient (Wildman–Crippen LogP) is 6.45. The maximum atomic E-state index is 13.7. The van der Waals surface area contributed by atoms with Crippen LogP contribution in [0.2, 0.25) is 0 Å². The van der Waals surface area contributed by atoms with E-state index in [9.17, 15) is 4.39 Å². The fraction of sp³-hybridized carbons (Fsp3) is 0. The highest BCUT2D eigenvalue weighted by atomic mass is 79.9. The lowest BCUT2D eigenvalue weighted by atomic mass is 10.2. The second-order valence-electron chi connectivity index (χ2n) is 5.14. The quantitative estimate of drug-likeness (QED) is 0.334. The molecular formula is C18H10Br2FN. The molecule has 1 heterocycles. The molecule has 108 valence electrons. The van der Waals surface area contributed by atoms with Crippen LogP contribution in [0.15, 0.2) is 69.6 Å². The molecule has 22 heavy (non-hydrogen) atoms. The van der Waals surface area contributed by atoms with Gasteiger partial charge in [-0.15, -0.1) is 0 Å². The Labute approximate surface area is 143 Å². The van der Waals surface area contributed by atoms with Crippen LogP contribution in [0.1, 0.15) is 0 Å². The minimum atomic E-state index is -0.235. The van der Waals surface area contributed by atoms with Gasteiger partial charge in [-0.2, -0.15) is 0 Å². The van der Waals surface area contributed by atoms with Gasteiger partial charge in [0.2, 0.25) is 0 Å². The largest absolute Gasteiger partial charge is 0.309 e. The molecule has 0 amide bonds. The van der Waals surface area contributed by atoms with Gasteiger partial charge in [-0.1, -0.05) is 37.9 Å². The van der Waals surface area contributed by atoms with E-state index in [1.165, 1.54) is 6.07 Å². The van der Waals surface area contributed by atoms with E-state index >= 15 is 0 Å².